The summed E-state index contributed by atoms with van der Waals surface area (Å²) in [6.07, 6.45) is 4.07. The number of nitrogens with one attached hydrogen (secondary N) is 1. The maximum atomic E-state index is 13.4. The molecule has 7 nitrogen and oxygen atoms in total. The first-order valence-electron chi connectivity index (χ1n) is 11.7. The summed E-state index contributed by atoms with van der Waals surface area (Å²) >= 11 is 0. The molecule has 1 N–H and O–H groups in total. The Balaban J connectivity index is 1.64. The van der Waals surface area contributed by atoms with Crippen LogP contribution in [0.1, 0.15) is 42.9 Å². The van der Waals surface area contributed by atoms with Gasteiger partial charge in [-0.05, 0) is 60.9 Å². The smallest absolute Gasteiger partial charge is 0.327 e. The summed E-state index contributed by atoms with van der Waals surface area (Å²) in [6.45, 7) is 0.563. The molecule has 2 aliphatic rings. The van der Waals surface area contributed by atoms with Gasteiger partial charge in [0, 0.05) is 12.1 Å². The minimum absolute atomic E-state index is 0.0686. The minimum atomic E-state index is -0.768. The summed E-state index contributed by atoms with van der Waals surface area (Å²) < 4.78 is 15.9. The van der Waals surface area contributed by atoms with Gasteiger partial charge < -0.3 is 19.1 Å². The Morgan fingerprint density at radius 3 is 2.47 bits per heavy atom. The maximum Gasteiger partial charge on any atom is 0.327 e. The third kappa shape index (κ3) is 4.80. The van der Waals surface area contributed by atoms with E-state index in [0.29, 0.717) is 23.6 Å². The molecule has 0 spiro atoms. The van der Waals surface area contributed by atoms with E-state index in [2.05, 4.69) is 17.4 Å². The lowest BCUT2D eigenvalue weighted by atomic mass is 9.92. The molecule has 1 aliphatic carbocycles. The Morgan fingerprint density at radius 2 is 1.76 bits per heavy atom. The van der Waals surface area contributed by atoms with Crippen molar-refractivity contribution < 1.29 is 23.8 Å². The topological polar surface area (TPSA) is 77.1 Å². The van der Waals surface area contributed by atoms with E-state index in [1.165, 1.54) is 12.7 Å². The normalized spacial score (nSPS) is 18.5. The molecule has 0 saturated heterocycles. The zero-order valence-corrected chi connectivity index (χ0v) is 20.0. The van der Waals surface area contributed by atoms with Gasteiger partial charge in [0.2, 0.25) is 0 Å². The first kappa shape index (κ1) is 23.8. The van der Waals surface area contributed by atoms with Crippen LogP contribution in [0.15, 0.2) is 59.7 Å². The number of methoxy groups -OCH3 is 3. The zero-order valence-electron chi connectivity index (χ0n) is 20.0. The molecule has 0 saturated carbocycles. The number of carbonyl (C=O) groups is 2. The fraction of sp³-hybridized carbons (Fsp3) is 0.407. The number of rotatable bonds is 9. The Morgan fingerprint density at radius 1 is 1.03 bits per heavy atom. The SMILES string of the molecule is COC(=O)C(NC1C2=C(CCCC2)C(=O)N1CCc1ccccc1)c1ccc(OC)c(OC)c1. The molecule has 0 radical (unpaired) electrons. The summed E-state index contributed by atoms with van der Waals surface area (Å²) in [5.74, 6) is 0.746. The number of hydrogen-bond donors (Lipinski definition) is 1. The number of hydrogen-bond acceptors (Lipinski definition) is 6. The van der Waals surface area contributed by atoms with Crippen LogP contribution < -0.4 is 14.8 Å². The second kappa shape index (κ2) is 10.7. The van der Waals surface area contributed by atoms with Crippen LogP contribution in [0.2, 0.25) is 0 Å². The van der Waals surface area contributed by atoms with E-state index in [-0.39, 0.29) is 12.1 Å². The number of carbonyl (C=O) groups excluding carboxylic acids is 2. The highest BCUT2D eigenvalue weighted by molar-refractivity contribution is 5.98. The predicted octanol–water partition coefficient (Wildman–Crippen LogP) is 3.79. The molecule has 7 heteroatoms. The summed E-state index contributed by atoms with van der Waals surface area (Å²) in [6, 6.07) is 14.7. The van der Waals surface area contributed by atoms with Gasteiger partial charge in [-0.15, -0.1) is 0 Å². The second-order valence-corrected chi connectivity index (χ2v) is 8.58. The average Bonchev–Trinajstić information content (AvgIpc) is 3.16. The minimum Gasteiger partial charge on any atom is -0.493 e. The monoisotopic (exact) mass is 464 g/mol. The molecule has 4 rings (SSSR count). The second-order valence-electron chi connectivity index (χ2n) is 8.58. The third-order valence-electron chi connectivity index (χ3n) is 6.66. The van der Waals surface area contributed by atoms with Crippen LogP contribution >= 0.6 is 0 Å². The Kier molecular flexibility index (Phi) is 7.53. The van der Waals surface area contributed by atoms with E-state index in [1.807, 2.05) is 29.2 Å². The summed E-state index contributed by atoms with van der Waals surface area (Å²) in [7, 11) is 4.50. The lowest BCUT2D eigenvalue weighted by molar-refractivity contribution is -0.144. The maximum absolute atomic E-state index is 13.4. The molecule has 2 atom stereocenters. The highest BCUT2D eigenvalue weighted by atomic mass is 16.5. The Bertz CT molecular complexity index is 1070. The number of nitrogens with zero attached hydrogens (tertiary/aromatic N) is 1. The predicted molar refractivity (Wildman–Crippen MR) is 129 cm³/mol. The van der Waals surface area contributed by atoms with Crippen molar-refractivity contribution in [2.45, 2.75) is 44.3 Å². The first-order valence-corrected chi connectivity index (χ1v) is 11.7. The molecule has 180 valence electrons. The quantitative estimate of drug-likeness (QED) is 0.569. The molecule has 1 heterocycles. The molecule has 1 amide bonds. The van der Waals surface area contributed by atoms with Crippen LogP contribution in [0.4, 0.5) is 0 Å². The largest absolute Gasteiger partial charge is 0.493 e. The van der Waals surface area contributed by atoms with Crippen LogP contribution in [0.5, 0.6) is 11.5 Å². The third-order valence-corrected chi connectivity index (χ3v) is 6.66. The van der Waals surface area contributed by atoms with Gasteiger partial charge in [0.05, 0.1) is 21.3 Å². The molecule has 2 aromatic rings. The summed E-state index contributed by atoms with van der Waals surface area (Å²) in [5.41, 5.74) is 3.85. The fourth-order valence-electron chi connectivity index (χ4n) is 4.88. The van der Waals surface area contributed by atoms with Crippen LogP contribution in [0.25, 0.3) is 0 Å². The molecule has 2 unspecified atom stereocenters. The molecule has 0 aromatic heterocycles. The lowest BCUT2D eigenvalue weighted by Crippen LogP contribution is -2.49. The molecule has 0 bridgehead atoms. The van der Waals surface area contributed by atoms with E-state index in [9.17, 15) is 9.59 Å². The van der Waals surface area contributed by atoms with E-state index >= 15 is 0 Å². The van der Waals surface area contributed by atoms with Crippen molar-refractivity contribution >= 4 is 11.9 Å². The van der Waals surface area contributed by atoms with Crippen molar-refractivity contribution in [3.63, 3.8) is 0 Å². The van der Waals surface area contributed by atoms with Gasteiger partial charge in [-0.25, -0.2) is 4.79 Å². The van der Waals surface area contributed by atoms with Gasteiger partial charge in [-0.3, -0.25) is 10.1 Å². The van der Waals surface area contributed by atoms with Gasteiger partial charge in [-0.2, -0.15) is 0 Å². The standard InChI is InChI=1S/C27H32N2O5/c1-32-22-14-13-19(17-23(22)33-2)24(27(31)34-3)28-25-20-11-7-8-12-21(20)26(30)29(25)16-15-18-9-5-4-6-10-18/h4-6,9-10,13-14,17,24-25,28H,7-8,11-12,15-16H2,1-3H3. The van der Waals surface area contributed by atoms with Gasteiger partial charge in [0.1, 0.15) is 12.2 Å². The van der Waals surface area contributed by atoms with Crippen molar-refractivity contribution in [1.82, 2.24) is 10.2 Å². The fourth-order valence-corrected chi connectivity index (χ4v) is 4.88. The van der Waals surface area contributed by atoms with E-state index in [4.69, 9.17) is 14.2 Å². The van der Waals surface area contributed by atoms with Crippen molar-refractivity contribution in [1.29, 1.82) is 0 Å². The average molecular weight is 465 g/mol. The molecular weight excluding hydrogens is 432 g/mol. The Labute approximate surface area is 200 Å². The summed E-state index contributed by atoms with van der Waals surface area (Å²) in [5, 5.41) is 3.46. The number of ether oxygens (including phenoxy) is 3. The highest BCUT2D eigenvalue weighted by Crippen LogP contribution is 2.37. The van der Waals surface area contributed by atoms with Crippen molar-refractivity contribution in [3.05, 3.63) is 70.8 Å². The van der Waals surface area contributed by atoms with Gasteiger partial charge in [0.25, 0.3) is 5.91 Å². The molecule has 0 fully saturated rings. The molecule has 2 aromatic carbocycles. The van der Waals surface area contributed by atoms with Crippen molar-refractivity contribution in [3.8, 4) is 11.5 Å². The molecular formula is C27H32N2O5. The van der Waals surface area contributed by atoms with Gasteiger partial charge >= 0.3 is 5.97 Å². The molecule has 34 heavy (non-hydrogen) atoms. The zero-order chi connectivity index (χ0) is 24.1. The molecule has 1 aliphatic heterocycles. The Hall–Kier alpha value is -3.32. The lowest BCUT2D eigenvalue weighted by Gasteiger charge is -2.31. The van der Waals surface area contributed by atoms with Crippen molar-refractivity contribution in [2.24, 2.45) is 0 Å². The number of benzene rings is 2. The number of amides is 1. The van der Waals surface area contributed by atoms with Crippen LogP contribution in [-0.2, 0) is 20.7 Å². The summed E-state index contributed by atoms with van der Waals surface area (Å²) in [4.78, 5) is 28.2. The van der Waals surface area contributed by atoms with Crippen LogP contribution in [0.3, 0.4) is 0 Å². The van der Waals surface area contributed by atoms with E-state index in [1.54, 1.807) is 26.4 Å². The van der Waals surface area contributed by atoms with Crippen LogP contribution in [0, 0.1) is 0 Å². The highest BCUT2D eigenvalue weighted by Gasteiger charge is 2.41. The van der Waals surface area contributed by atoms with Gasteiger partial charge in [-0.1, -0.05) is 36.4 Å². The van der Waals surface area contributed by atoms with Gasteiger partial charge in [0.15, 0.2) is 11.5 Å². The number of esters is 1. The van der Waals surface area contributed by atoms with Crippen molar-refractivity contribution in [2.75, 3.05) is 27.9 Å². The van der Waals surface area contributed by atoms with Crippen LogP contribution in [-0.4, -0.2) is 50.8 Å². The van der Waals surface area contributed by atoms with E-state index in [0.717, 1.165) is 43.3 Å². The van der Waals surface area contributed by atoms with E-state index < -0.39 is 12.0 Å². The first-order chi connectivity index (χ1) is 16.6.